The van der Waals surface area contributed by atoms with E-state index < -0.39 is 10.0 Å². The van der Waals surface area contributed by atoms with Gasteiger partial charge in [0.1, 0.15) is 0 Å². The third-order valence-corrected chi connectivity index (χ3v) is 6.87. The number of hydrogen-bond acceptors (Lipinski definition) is 3. The molecule has 3 rings (SSSR count). The first-order chi connectivity index (χ1) is 10.5. The van der Waals surface area contributed by atoms with Gasteiger partial charge in [0.15, 0.2) is 0 Å². The second kappa shape index (κ2) is 6.30. The molecular weight excluding hydrogens is 296 g/mol. The summed E-state index contributed by atoms with van der Waals surface area (Å²) >= 11 is 0. The maximum absolute atomic E-state index is 12.6. The number of sulfonamides is 1. The molecule has 1 saturated heterocycles. The second-order valence-corrected chi connectivity index (χ2v) is 8.72. The van der Waals surface area contributed by atoms with Crippen LogP contribution in [0, 0.1) is 12.8 Å². The highest BCUT2D eigenvalue weighted by Crippen LogP contribution is 2.35. The van der Waals surface area contributed by atoms with Crippen molar-refractivity contribution in [3.63, 3.8) is 0 Å². The maximum atomic E-state index is 12.6. The van der Waals surface area contributed by atoms with Gasteiger partial charge in [0, 0.05) is 32.2 Å². The molecule has 0 N–H and O–H groups in total. The van der Waals surface area contributed by atoms with Crippen LogP contribution in [-0.2, 0) is 15.8 Å². The average molecular weight is 322 g/mol. The molecule has 1 heterocycles. The molecule has 1 saturated carbocycles. The molecule has 2 fully saturated rings. The summed E-state index contributed by atoms with van der Waals surface area (Å²) in [7, 11) is -3.20. The first kappa shape index (κ1) is 16.0. The fraction of sp³-hybridized carbons (Fsp3) is 0.647. The van der Waals surface area contributed by atoms with Crippen molar-refractivity contribution in [3.8, 4) is 0 Å². The molecule has 0 bridgehead atoms. The van der Waals surface area contributed by atoms with Gasteiger partial charge in [-0.05, 0) is 38.2 Å². The van der Waals surface area contributed by atoms with E-state index in [0.29, 0.717) is 19.1 Å². The first-order valence-corrected chi connectivity index (χ1v) is 9.84. The van der Waals surface area contributed by atoms with Gasteiger partial charge in [-0.1, -0.05) is 29.8 Å². The molecule has 1 aromatic rings. The number of piperazine rings is 1. The van der Waals surface area contributed by atoms with E-state index in [9.17, 15) is 8.42 Å². The minimum absolute atomic E-state index is 0.117. The molecule has 122 valence electrons. The van der Waals surface area contributed by atoms with Crippen molar-refractivity contribution < 1.29 is 8.42 Å². The van der Waals surface area contributed by atoms with Crippen molar-refractivity contribution in [3.05, 3.63) is 35.4 Å². The number of aryl methyl sites for hydroxylation is 1. The molecule has 5 heteroatoms. The molecule has 0 spiro atoms. The Labute approximate surface area is 134 Å². The molecule has 0 aromatic heterocycles. The highest BCUT2D eigenvalue weighted by atomic mass is 32.2. The van der Waals surface area contributed by atoms with Crippen molar-refractivity contribution in [2.24, 2.45) is 5.92 Å². The smallest absolute Gasteiger partial charge is 0.218 e. The molecule has 1 aliphatic heterocycles. The van der Waals surface area contributed by atoms with E-state index >= 15 is 0 Å². The zero-order chi connectivity index (χ0) is 15.7. The van der Waals surface area contributed by atoms with E-state index in [1.54, 1.807) is 4.31 Å². The van der Waals surface area contributed by atoms with Crippen LogP contribution in [0.5, 0.6) is 0 Å². The lowest BCUT2D eigenvalue weighted by molar-refractivity contribution is 0.133. The van der Waals surface area contributed by atoms with Gasteiger partial charge in [0.25, 0.3) is 0 Å². The van der Waals surface area contributed by atoms with Gasteiger partial charge in [0.05, 0.1) is 5.75 Å². The van der Waals surface area contributed by atoms with E-state index in [1.165, 1.54) is 12.8 Å². The lowest BCUT2D eigenvalue weighted by Crippen LogP contribution is -2.51. The van der Waals surface area contributed by atoms with Crippen LogP contribution in [0.3, 0.4) is 0 Å². The van der Waals surface area contributed by atoms with Gasteiger partial charge in [-0.25, -0.2) is 8.42 Å². The number of nitrogens with zero attached hydrogens (tertiary/aromatic N) is 2. The van der Waals surface area contributed by atoms with Crippen LogP contribution < -0.4 is 0 Å². The highest BCUT2D eigenvalue weighted by Gasteiger charge is 2.35. The monoisotopic (exact) mass is 322 g/mol. The zero-order valence-electron chi connectivity index (χ0n) is 13.5. The number of rotatable bonds is 5. The molecule has 22 heavy (non-hydrogen) atoms. The molecule has 2 aliphatic rings. The Hall–Kier alpha value is -0.910. The fourth-order valence-electron chi connectivity index (χ4n) is 3.25. The molecular formula is C17H26N2O2S. The normalized spacial score (nSPS) is 22.6. The van der Waals surface area contributed by atoms with Crippen LogP contribution in [-0.4, -0.2) is 49.8 Å². The van der Waals surface area contributed by atoms with Gasteiger partial charge in [-0.3, -0.25) is 4.90 Å². The summed E-state index contributed by atoms with van der Waals surface area (Å²) < 4.78 is 26.8. The predicted octanol–water partition coefficient (Wildman–Crippen LogP) is 2.24. The van der Waals surface area contributed by atoms with Gasteiger partial charge < -0.3 is 0 Å². The van der Waals surface area contributed by atoms with Crippen LogP contribution >= 0.6 is 0 Å². The van der Waals surface area contributed by atoms with E-state index in [4.69, 9.17) is 0 Å². The summed E-state index contributed by atoms with van der Waals surface area (Å²) in [5.74, 6) is 0.960. The van der Waals surface area contributed by atoms with Crippen molar-refractivity contribution >= 4 is 10.0 Å². The Morgan fingerprint density at radius 1 is 1.09 bits per heavy atom. The number of hydrogen-bond donors (Lipinski definition) is 0. The van der Waals surface area contributed by atoms with Crippen molar-refractivity contribution in [2.45, 2.75) is 38.5 Å². The summed E-state index contributed by atoms with van der Waals surface area (Å²) in [4.78, 5) is 2.45. The Morgan fingerprint density at radius 2 is 1.68 bits per heavy atom. The molecule has 1 aromatic carbocycles. The summed E-state index contributed by atoms with van der Waals surface area (Å²) in [6.07, 6.45) is 2.68. The Morgan fingerprint density at radius 3 is 2.23 bits per heavy atom. The SMILES string of the molecule is Cc1ccc(CS(=O)(=O)N2CCN(C(C)C3CC3)CC2)cc1. The lowest BCUT2D eigenvalue weighted by Gasteiger charge is -2.37. The van der Waals surface area contributed by atoms with E-state index in [0.717, 1.165) is 30.1 Å². The standard InChI is InChI=1S/C17H26N2O2S/c1-14-3-5-16(6-4-14)13-22(20,21)19-11-9-18(10-12-19)15(2)17-7-8-17/h3-6,15,17H,7-13H2,1-2H3. The second-order valence-electron chi connectivity index (χ2n) is 6.75. The van der Waals surface area contributed by atoms with Crippen LogP contribution in [0.4, 0.5) is 0 Å². The van der Waals surface area contributed by atoms with E-state index in [2.05, 4.69) is 11.8 Å². The first-order valence-electron chi connectivity index (χ1n) is 8.23. The van der Waals surface area contributed by atoms with Crippen LogP contribution in [0.2, 0.25) is 0 Å². The zero-order valence-corrected chi connectivity index (χ0v) is 14.3. The fourth-order valence-corrected chi connectivity index (χ4v) is 4.77. The molecule has 0 radical (unpaired) electrons. The molecule has 0 amide bonds. The third-order valence-electron chi connectivity index (χ3n) is 5.02. The van der Waals surface area contributed by atoms with Gasteiger partial charge >= 0.3 is 0 Å². The van der Waals surface area contributed by atoms with Gasteiger partial charge in [0.2, 0.25) is 10.0 Å². The largest absolute Gasteiger partial charge is 0.298 e. The van der Waals surface area contributed by atoms with E-state index in [-0.39, 0.29) is 5.75 Å². The molecule has 4 nitrogen and oxygen atoms in total. The van der Waals surface area contributed by atoms with Crippen molar-refractivity contribution in [2.75, 3.05) is 26.2 Å². The minimum atomic E-state index is -3.20. The average Bonchev–Trinajstić information content (AvgIpc) is 3.34. The topological polar surface area (TPSA) is 40.6 Å². The highest BCUT2D eigenvalue weighted by molar-refractivity contribution is 7.88. The predicted molar refractivity (Wildman–Crippen MR) is 89.1 cm³/mol. The van der Waals surface area contributed by atoms with Crippen LogP contribution in [0.1, 0.15) is 30.9 Å². The van der Waals surface area contributed by atoms with Crippen molar-refractivity contribution in [1.82, 2.24) is 9.21 Å². The van der Waals surface area contributed by atoms with Gasteiger partial charge in [-0.2, -0.15) is 4.31 Å². The van der Waals surface area contributed by atoms with Crippen LogP contribution in [0.15, 0.2) is 24.3 Å². The third kappa shape index (κ3) is 3.70. The summed E-state index contributed by atoms with van der Waals surface area (Å²) in [6.45, 7) is 7.29. The molecule has 1 unspecified atom stereocenters. The van der Waals surface area contributed by atoms with Gasteiger partial charge in [-0.15, -0.1) is 0 Å². The van der Waals surface area contributed by atoms with Crippen molar-refractivity contribution in [1.29, 1.82) is 0 Å². The maximum Gasteiger partial charge on any atom is 0.218 e. The Bertz CT molecular complexity index is 600. The summed E-state index contributed by atoms with van der Waals surface area (Å²) in [5, 5.41) is 0. The van der Waals surface area contributed by atoms with Crippen LogP contribution in [0.25, 0.3) is 0 Å². The Balaban J connectivity index is 1.58. The molecule has 1 atom stereocenters. The Kier molecular flexibility index (Phi) is 4.57. The minimum Gasteiger partial charge on any atom is -0.298 e. The summed E-state index contributed by atoms with van der Waals surface area (Å²) in [6, 6.07) is 8.39. The lowest BCUT2D eigenvalue weighted by atomic mass is 10.1. The summed E-state index contributed by atoms with van der Waals surface area (Å²) in [5.41, 5.74) is 2.03. The number of benzene rings is 1. The molecule has 1 aliphatic carbocycles. The van der Waals surface area contributed by atoms with E-state index in [1.807, 2.05) is 31.2 Å². The quantitative estimate of drug-likeness (QED) is 0.835.